The van der Waals surface area contributed by atoms with Crippen LogP contribution in [0.5, 0.6) is 0 Å². The van der Waals surface area contributed by atoms with E-state index in [-0.39, 0.29) is 5.69 Å². The van der Waals surface area contributed by atoms with Crippen LogP contribution in [0.3, 0.4) is 0 Å². The molecule has 0 saturated heterocycles. The number of amides is 1. The van der Waals surface area contributed by atoms with E-state index in [0.717, 1.165) is 0 Å². The average Bonchev–Trinajstić information content (AvgIpc) is 2.74. The van der Waals surface area contributed by atoms with Crippen molar-refractivity contribution < 1.29 is 9.18 Å². The SMILES string of the molecule is O=C(Nc1ccccc1F)c1cscn1. The van der Waals surface area contributed by atoms with Crippen molar-refractivity contribution in [2.24, 2.45) is 0 Å². The Morgan fingerprint density at radius 3 is 2.87 bits per heavy atom. The van der Waals surface area contributed by atoms with E-state index in [0.29, 0.717) is 5.69 Å². The zero-order valence-corrected chi connectivity index (χ0v) is 8.42. The number of para-hydroxylation sites is 1. The number of benzene rings is 1. The molecule has 1 aromatic carbocycles. The maximum absolute atomic E-state index is 13.2. The molecule has 0 aliphatic rings. The van der Waals surface area contributed by atoms with Gasteiger partial charge in [0.2, 0.25) is 0 Å². The lowest BCUT2D eigenvalue weighted by Crippen LogP contribution is -2.13. The molecule has 0 fully saturated rings. The number of halogens is 1. The van der Waals surface area contributed by atoms with Crippen molar-refractivity contribution in [1.82, 2.24) is 4.98 Å². The minimum absolute atomic E-state index is 0.163. The van der Waals surface area contributed by atoms with E-state index < -0.39 is 11.7 Å². The van der Waals surface area contributed by atoms with Crippen LogP contribution in [0.15, 0.2) is 35.2 Å². The highest BCUT2D eigenvalue weighted by Crippen LogP contribution is 2.13. The van der Waals surface area contributed by atoms with E-state index in [1.807, 2.05) is 0 Å². The molecule has 76 valence electrons. The summed E-state index contributed by atoms with van der Waals surface area (Å²) < 4.78 is 13.2. The zero-order chi connectivity index (χ0) is 10.7. The highest BCUT2D eigenvalue weighted by Gasteiger charge is 2.09. The number of rotatable bonds is 2. The van der Waals surface area contributed by atoms with Crippen molar-refractivity contribution in [3.63, 3.8) is 0 Å². The van der Waals surface area contributed by atoms with Gasteiger partial charge in [0, 0.05) is 5.38 Å². The third kappa shape index (κ3) is 2.19. The molecule has 0 radical (unpaired) electrons. The Bertz CT molecular complexity index is 470. The number of aromatic nitrogens is 1. The first-order valence-electron chi connectivity index (χ1n) is 4.21. The molecule has 1 N–H and O–H groups in total. The van der Waals surface area contributed by atoms with Crippen LogP contribution < -0.4 is 5.32 Å². The highest BCUT2D eigenvalue weighted by atomic mass is 32.1. The number of carbonyl (C=O) groups excluding carboxylic acids is 1. The first-order valence-corrected chi connectivity index (χ1v) is 5.16. The van der Waals surface area contributed by atoms with Gasteiger partial charge in [-0.2, -0.15) is 0 Å². The van der Waals surface area contributed by atoms with Crippen LogP contribution in [-0.4, -0.2) is 10.9 Å². The molecule has 0 bridgehead atoms. The molecule has 0 unspecified atom stereocenters. The van der Waals surface area contributed by atoms with Crippen LogP contribution in [0.25, 0.3) is 0 Å². The van der Waals surface area contributed by atoms with E-state index in [1.54, 1.807) is 23.0 Å². The summed E-state index contributed by atoms with van der Waals surface area (Å²) in [6.07, 6.45) is 0. The summed E-state index contributed by atoms with van der Waals surface area (Å²) in [5.41, 5.74) is 2.01. The molecule has 1 aromatic heterocycles. The van der Waals surface area contributed by atoms with E-state index in [9.17, 15) is 9.18 Å². The first-order chi connectivity index (χ1) is 7.27. The van der Waals surface area contributed by atoms with Gasteiger partial charge in [0.1, 0.15) is 11.5 Å². The number of hydrogen-bond donors (Lipinski definition) is 1. The van der Waals surface area contributed by atoms with Gasteiger partial charge in [-0.25, -0.2) is 9.37 Å². The van der Waals surface area contributed by atoms with Crippen molar-refractivity contribution in [2.45, 2.75) is 0 Å². The number of hydrogen-bond acceptors (Lipinski definition) is 3. The number of nitrogens with zero attached hydrogens (tertiary/aromatic N) is 1. The highest BCUT2D eigenvalue weighted by molar-refractivity contribution is 7.07. The summed E-state index contributed by atoms with van der Waals surface area (Å²) in [5.74, 6) is -0.859. The second-order valence-electron chi connectivity index (χ2n) is 2.81. The van der Waals surface area contributed by atoms with E-state index in [2.05, 4.69) is 10.3 Å². The lowest BCUT2D eigenvalue weighted by molar-refractivity contribution is 0.102. The van der Waals surface area contributed by atoms with Gasteiger partial charge in [-0.3, -0.25) is 4.79 Å². The number of nitrogens with one attached hydrogen (secondary N) is 1. The Labute approximate surface area is 89.6 Å². The second kappa shape index (κ2) is 4.18. The van der Waals surface area contributed by atoms with E-state index in [4.69, 9.17) is 0 Å². The normalized spacial score (nSPS) is 9.93. The largest absolute Gasteiger partial charge is 0.318 e. The van der Waals surface area contributed by atoms with Crippen LogP contribution in [-0.2, 0) is 0 Å². The number of anilines is 1. The summed E-state index contributed by atoms with van der Waals surface area (Å²) in [4.78, 5) is 15.3. The molecule has 1 heterocycles. The minimum atomic E-state index is -0.457. The quantitative estimate of drug-likeness (QED) is 0.848. The Morgan fingerprint density at radius 2 is 2.20 bits per heavy atom. The van der Waals surface area contributed by atoms with Gasteiger partial charge < -0.3 is 5.32 Å². The van der Waals surface area contributed by atoms with Crippen LogP contribution >= 0.6 is 11.3 Å². The van der Waals surface area contributed by atoms with Crippen LogP contribution in [0, 0.1) is 5.82 Å². The van der Waals surface area contributed by atoms with Gasteiger partial charge >= 0.3 is 0 Å². The van der Waals surface area contributed by atoms with Gasteiger partial charge in [0.25, 0.3) is 5.91 Å². The molecule has 1 amide bonds. The average molecular weight is 222 g/mol. The van der Waals surface area contributed by atoms with E-state index in [1.165, 1.54) is 23.5 Å². The van der Waals surface area contributed by atoms with E-state index >= 15 is 0 Å². The minimum Gasteiger partial charge on any atom is -0.318 e. The molecule has 0 aliphatic heterocycles. The van der Waals surface area contributed by atoms with Gasteiger partial charge in [0.15, 0.2) is 0 Å². The molecule has 15 heavy (non-hydrogen) atoms. The Hall–Kier alpha value is -1.75. The monoisotopic (exact) mass is 222 g/mol. The molecule has 0 spiro atoms. The van der Waals surface area contributed by atoms with Gasteiger partial charge in [-0.15, -0.1) is 11.3 Å². The molecular formula is C10H7FN2OS. The van der Waals surface area contributed by atoms with Crippen molar-refractivity contribution in [1.29, 1.82) is 0 Å². The number of thiazole rings is 1. The van der Waals surface area contributed by atoms with Crippen LogP contribution in [0.2, 0.25) is 0 Å². The lowest BCUT2D eigenvalue weighted by Gasteiger charge is -2.03. The van der Waals surface area contributed by atoms with Gasteiger partial charge in [-0.1, -0.05) is 12.1 Å². The molecule has 2 rings (SSSR count). The summed E-state index contributed by atoms with van der Waals surface area (Å²) in [7, 11) is 0. The van der Waals surface area contributed by atoms with Crippen molar-refractivity contribution in [3.05, 3.63) is 46.7 Å². The third-order valence-corrected chi connectivity index (χ3v) is 2.37. The predicted molar refractivity (Wildman–Crippen MR) is 56.5 cm³/mol. The van der Waals surface area contributed by atoms with Crippen molar-refractivity contribution in [3.8, 4) is 0 Å². The molecule has 0 atom stereocenters. The standard InChI is InChI=1S/C10H7FN2OS/c11-7-3-1-2-4-8(7)13-10(14)9-5-15-6-12-9/h1-6H,(H,13,14). The van der Waals surface area contributed by atoms with Gasteiger partial charge in [-0.05, 0) is 12.1 Å². The van der Waals surface area contributed by atoms with Crippen LogP contribution in [0.1, 0.15) is 10.5 Å². The third-order valence-electron chi connectivity index (χ3n) is 1.79. The van der Waals surface area contributed by atoms with Gasteiger partial charge in [0.05, 0.1) is 11.2 Å². The zero-order valence-electron chi connectivity index (χ0n) is 7.61. The smallest absolute Gasteiger partial charge is 0.275 e. The molecular weight excluding hydrogens is 215 g/mol. The summed E-state index contributed by atoms with van der Waals surface area (Å²) >= 11 is 1.32. The maximum atomic E-state index is 13.2. The second-order valence-corrected chi connectivity index (χ2v) is 3.53. The molecule has 2 aromatic rings. The molecule has 5 heteroatoms. The predicted octanol–water partition coefficient (Wildman–Crippen LogP) is 2.53. The fourth-order valence-corrected chi connectivity index (χ4v) is 1.61. The summed E-state index contributed by atoms with van der Waals surface area (Å²) in [5, 5.41) is 4.05. The fraction of sp³-hybridized carbons (Fsp3) is 0. The van der Waals surface area contributed by atoms with Crippen molar-refractivity contribution in [2.75, 3.05) is 5.32 Å². The fourth-order valence-electron chi connectivity index (χ4n) is 1.07. The Kier molecular flexibility index (Phi) is 2.73. The van der Waals surface area contributed by atoms with Crippen molar-refractivity contribution >= 4 is 22.9 Å². The molecule has 0 aliphatic carbocycles. The summed E-state index contributed by atoms with van der Waals surface area (Å²) in [6, 6.07) is 6.00. The Balaban J connectivity index is 2.17. The van der Waals surface area contributed by atoms with Crippen LogP contribution in [0.4, 0.5) is 10.1 Å². The summed E-state index contributed by atoms with van der Waals surface area (Å²) in [6.45, 7) is 0. The maximum Gasteiger partial charge on any atom is 0.275 e. The Morgan fingerprint density at radius 1 is 1.40 bits per heavy atom. The first kappa shape index (κ1) is 9.79. The molecule has 0 saturated carbocycles. The topological polar surface area (TPSA) is 42.0 Å². The molecule has 3 nitrogen and oxygen atoms in total. The number of carbonyl (C=O) groups is 1. The lowest BCUT2D eigenvalue weighted by atomic mass is 10.3.